The molecule has 1 N–H and O–H groups in total. The SMILES string of the molecule is CCOC(=O)C(C(=O)NCc1c(C)noc1C)C(C)(C)C. The first kappa shape index (κ1) is 17.2. The molecule has 6 nitrogen and oxygen atoms in total. The second kappa shape index (κ2) is 6.74. The Kier molecular flexibility index (Phi) is 5.52. The van der Waals surface area contributed by atoms with Gasteiger partial charge in [0.2, 0.25) is 5.91 Å². The summed E-state index contributed by atoms with van der Waals surface area (Å²) in [4.78, 5) is 24.4. The van der Waals surface area contributed by atoms with Gasteiger partial charge in [-0.2, -0.15) is 0 Å². The molecule has 0 saturated carbocycles. The first-order valence-corrected chi connectivity index (χ1v) is 7.04. The summed E-state index contributed by atoms with van der Waals surface area (Å²) in [5.74, 6) is -1.03. The Hall–Kier alpha value is -1.85. The number of carbonyl (C=O) groups excluding carboxylic acids is 2. The summed E-state index contributed by atoms with van der Waals surface area (Å²) in [7, 11) is 0. The lowest BCUT2D eigenvalue weighted by Gasteiger charge is -2.27. The molecule has 1 unspecified atom stereocenters. The van der Waals surface area contributed by atoms with Crippen LogP contribution in [0.4, 0.5) is 0 Å². The molecule has 6 heteroatoms. The van der Waals surface area contributed by atoms with Crippen LogP contribution < -0.4 is 5.32 Å². The van der Waals surface area contributed by atoms with Crippen molar-refractivity contribution < 1.29 is 18.8 Å². The zero-order valence-electron chi connectivity index (χ0n) is 13.6. The number of aromatic nitrogens is 1. The predicted molar refractivity (Wildman–Crippen MR) is 77.4 cm³/mol. The molecule has 0 bridgehead atoms. The summed E-state index contributed by atoms with van der Waals surface area (Å²) in [5, 5.41) is 6.61. The standard InChI is InChI=1S/C15H24N2O4/c1-7-20-14(19)12(15(4,5)6)13(18)16-8-11-9(2)17-21-10(11)3/h12H,7-8H2,1-6H3,(H,16,18). The zero-order chi connectivity index (χ0) is 16.2. The minimum Gasteiger partial charge on any atom is -0.465 e. The Morgan fingerprint density at radius 3 is 2.38 bits per heavy atom. The van der Waals surface area contributed by atoms with Gasteiger partial charge in [0, 0.05) is 12.1 Å². The minimum atomic E-state index is -0.849. The molecule has 1 atom stereocenters. The van der Waals surface area contributed by atoms with Gasteiger partial charge in [0.25, 0.3) is 0 Å². The van der Waals surface area contributed by atoms with Crippen LogP contribution in [0, 0.1) is 25.2 Å². The molecule has 1 aromatic rings. The van der Waals surface area contributed by atoms with E-state index in [0.717, 1.165) is 11.3 Å². The van der Waals surface area contributed by atoms with Crippen molar-refractivity contribution in [3.05, 3.63) is 17.0 Å². The van der Waals surface area contributed by atoms with Gasteiger partial charge < -0.3 is 14.6 Å². The highest BCUT2D eigenvalue weighted by Crippen LogP contribution is 2.27. The lowest BCUT2D eigenvalue weighted by molar-refractivity contribution is -0.156. The van der Waals surface area contributed by atoms with E-state index in [-0.39, 0.29) is 19.1 Å². The highest BCUT2D eigenvalue weighted by molar-refractivity contribution is 5.98. The van der Waals surface area contributed by atoms with Crippen molar-refractivity contribution in [2.75, 3.05) is 6.61 Å². The van der Waals surface area contributed by atoms with Crippen LogP contribution in [-0.4, -0.2) is 23.6 Å². The molecular weight excluding hydrogens is 272 g/mol. The number of esters is 1. The average Bonchev–Trinajstić information content (AvgIpc) is 2.65. The molecule has 0 saturated heterocycles. The number of rotatable bonds is 5. The Balaban J connectivity index is 2.81. The quantitative estimate of drug-likeness (QED) is 0.665. The van der Waals surface area contributed by atoms with Gasteiger partial charge in [0.15, 0.2) is 0 Å². The van der Waals surface area contributed by atoms with Crippen LogP contribution in [0.15, 0.2) is 4.52 Å². The highest BCUT2D eigenvalue weighted by Gasteiger charge is 2.38. The Morgan fingerprint density at radius 2 is 1.95 bits per heavy atom. The van der Waals surface area contributed by atoms with Crippen molar-refractivity contribution >= 4 is 11.9 Å². The second-order valence-electron chi connectivity index (χ2n) is 6.07. The van der Waals surface area contributed by atoms with Crippen LogP contribution >= 0.6 is 0 Å². The Bertz CT molecular complexity index is 495. The molecule has 0 fully saturated rings. The van der Waals surface area contributed by atoms with Gasteiger partial charge in [-0.25, -0.2) is 0 Å². The van der Waals surface area contributed by atoms with Crippen molar-refractivity contribution in [2.45, 2.75) is 48.1 Å². The first-order chi connectivity index (χ1) is 9.68. The smallest absolute Gasteiger partial charge is 0.319 e. The lowest BCUT2D eigenvalue weighted by atomic mass is 9.80. The Labute approximate surface area is 125 Å². The number of ether oxygens (including phenoxy) is 1. The van der Waals surface area contributed by atoms with Gasteiger partial charge in [-0.05, 0) is 26.2 Å². The van der Waals surface area contributed by atoms with E-state index in [1.807, 2.05) is 27.7 Å². The van der Waals surface area contributed by atoms with E-state index in [2.05, 4.69) is 10.5 Å². The second-order valence-corrected chi connectivity index (χ2v) is 6.07. The van der Waals surface area contributed by atoms with Gasteiger partial charge in [-0.1, -0.05) is 25.9 Å². The van der Waals surface area contributed by atoms with Crippen LogP contribution in [0.25, 0.3) is 0 Å². The van der Waals surface area contributed by atoms with Crippen molar-refractivity contribution in [2.24, 2.45) is 11.3 Å². The number of nitrogens with zero attached hydrogens (tertiary/aromatic N) is 1. The molecule has 1 heterocycles. The van der Waals surface area contributed by atoms with Gasteiger partial charge in [-0.15, -0.1) is 0 Å². The number of nitrogens with one attached hydrogen (secondary N) is 1. The normalized spacial score (nSPS) is 12.9. The third-order valence-electron chi connectivity index (χ3n) is 3.27. The number of hydrogen-bond donors (Lipinski definition) is 1. The summed E-state index contributed by atoms with van der Waals surface area (Å²) in [6.45, 7) is 11.4. The molecular formula is C15H24N2O4. The van der Waals surface area contributed by atoms with Gasteiger partial charge in [0.1, 0.15) is 11.7 Å². The lowest BCUT2D eigenvalue weighted by Crippen LogP contribution is -2.43. The van der Waals surface area contributed by atoms with E-state index in [1.54, 1.807) is 13.8 Å². The molecule has 0 aliphatic heterocycles. The topological polar surface area (TPSA) is 81.4 Å². The fraction of sp³-hybridized carbons (Fsp3) is 0.667. The maximum atomic E-state index is 12.4. The summed E-state index contributed by atoms with van der Waals surface area (Å²) in [6.07, 6.45) is 0. The van der Waals surface area contributed by atoms with E-state index < -0.39 is 17.3 Å². The molecule has 0 radical (unpaired) electrons. The number of carbonyl (C=O) groups is 2. The molecule has 1 rings (SSSR count). The molecule has 0 aliphatic rings. The van der Waals surface area contributed by atoms with Crippen LogP contribution in [0.2, 0.25) is 0 Å². The maximum absolute atomic E-state index is 12.4. The van der Waals surface area contributed by atoms with Gasteiger partial charge >= 0.3 is 5.97 Å². The van der Waals surface area contributed by atoms with E-state index in [1.165, 1.54) is 0 Å². The molecule has 0 spiro atoms. The fourth-order valence-corrected chi connectivity index (χ4v) is 2.11. The summed E-state index contributed by atoms with van der Waals surface area (Å²) in [5.41, 5.74) is 1.05. The monoisotopic (exact) mass is 296 g/mol. The third kappa shape index (κ3) is 4.31. The minimum absolute atomic E-state index is 0.253. The van der Waals surface area contributed by atoms with Crippen LogP contribution in [0.5, 0.6) is 0 Å². The van der Waals surface area contributed by atoms with E-state index >= 15 is 0 Å². The molecule has 118 valence electrons. The van der Waals surface area contributed by atoms with E-state index in [4.69, 9.17) is 9.26 Å². The third-order valence-corrected chi connectivity index (χ3v) is 3.27. The molecule has 21 heavy (non-hydrogen) atoms. The van der Waals surface area contributed by atoms with Gasteiger partial charge in [0.05, 0.1) is 12.3 Å². The van der Waals surface area contributed by atoms with Crippen molar-refractivity contribution in [1.29, 1.82) is 0 Å². The molecule has 1 amide bonds. The summed E-state index contributed by atoms with van der Waals surface area (Å²) < 4.78 is 10.1. The zero-order valence-corrected chi connectivity index (χ0v) is 13.6. The molecule has 0 aromatic carbocycles. The number of aryl methyl sites for hydroxylation is 2. The summed E-state index contributed by atoms with van der Waals surface area (Å²) >= 11 is 0. The van der Waals surface area contributed by atoms with E-state index in [9.17, 15) is 9.59 Å². The number of amides is 1. The first-order valence-electron chi connectivity index (χ1n) is 7.04. The van der Waals surface area contributed by atoms with Crippen molar-refractivity contribution in [3.8, 4) is 0 Å². The van der Waals surface area contributed by atoms with Crippen molar-refractivity contribution in [3.63, 3.8) is 0 Å². The van der Waals surface area contributed by atoms with Crippen LogP contribution in [0.1, 0.15) is 44.7 Å². The summed E-state index contributed by atoms with van der Waals surface area (Å²) in [6, 6.07) is 0. The van der Waals surface area contributed by atoms with Crippen molar-refractivity contribution in [1.82, 2.24) is 10.5 Å². The fourth-order valence-electron chi connectivity index (χ4n) is 2.11. The Morgan fingerprint density at radius 1 is 1.33 bits per heavy atom. The maximum Gasteiger partial charge on any atom is 0.319 e. The highest BCUT2D eigenvalue weighted by atomic mass is 16.5. The van der Waals surface area contributed by atoms with Gasteiger partial charge in [-0.3, -0.25) is 9.59 Å². The molecule has 0 aliphatic carbocycles. The number of hydrogen-bond acceptors (Lipinski definition) is 5. The van der Waals surface area contributed by atoms with E-state index in [0.29, 0.717) is 5.76 Å². The largest absolute Gasteiger partial charge is 0.465 e. The predicted octanol–water partition coefficient (Wildman–Crippen LogP) is 2.13. The average molecular weight is 296 g/mol. The van der Waals surface area contributed by atoms with Crippen LogP contribution in [0.3, 0.4) is 0 Å². The molecule has 1 aromatic heterocycles. The van der Waals surface area contributed by atoms with Crippen LogP contribution in [-0.2, 0) is 20.9 Å².